The van der Waals surface area contributed by atoms with Gasteiger partial charge in [-0.3, -0.25) is 0 Å². The van der Waals surface area contributed by atoms with E-state index >= 15 is 0 Å². The molecule has 0 atom stereocenters. The third-order valence-electron chi connectivity index (χ3n) is 6.94. The Kier molecular flexibility index (Phi) is 13.0. The van der Waals surface area contributed by atoms with Crippen molar-refractivity contribution in [2.75, 3.05) is 39.3 Å². The van der Waals surface area contributed by atoms with Gasteiger partial charge in [-0.1, -0.05) is 36.4 Å². The maximum atomic E-state index is 13.5. The van der Waals surface area contributed by atoms with Crippen LogP contribution in [0, 0.1) is 5.41 Å². The Morgan fingerprint density at radius 3 is 1.50 bits per heavy atom. The predicted molar refractivity (Wildman–Crippen MR) is 140 cm³/mol. The summed E-state index contributed by atoms with van der Waals surface area (Å²) in [6, 6.07) is 10.8. The zero-order valence-electron chi connectivity index (χ0n) is 21.7. The number of rotatable bonds is 17. The summed E-state index contributed by atoms with van der Waals surface area (Å²) < 4.78 is 81.2. The highest BCUT2D eigenvalue weighted by molar-refractivity contribution is 5.31. The van der Waals surface area contributed by atoms with Gasteiger partial charge in [0.15, 0.2) is 0 Å². The molecule has 214 valence electrons. The van der Waals surface area contributed by atoms with Gasteiger partial charge in [0.1, 0.15) is 0 Å². The molecule has 0 spiro atoms. The van der Waals surface area contributed by atoms with Gasteiger partial charge in [0.25, 0.3) is 0 Å². The molecule has 0 aliphatic rings. The molecule has 2 rings (SSSR count). The third-order valence-corrected chi connectivity index (χ3v) is 6.94. The number of benzene rings is 2. The number of unbranched alkanes of at least 4 members (excludes halogenated alkanes) is 1. The summed E-state index contributed by atoms with van der Waals surface area (Å²) in [5.41, 5.74) is 9.94. The zero-order chi connectivity index (χ0) is 28.1. The van der Waals surface area contributed by atoms with E-state index in [9.17, 15) is 26.3 Å². The molecule has 0 radical (unpaired) electrons. The van der Waals surface area contributed by atoms with E-state index in [2.05, 4.69) is 10.6 Å². The van der Waals surface area contributed by atoms with Gasteiger partial charge in [-0.2, -0.15) is 26.3 Å². The van der Waals surface area contributed by atoms with Gasteiger partial charge in [-0.05, 0) is 106 Å². The van der Waals surface area contributed by atoms with Crippen LogP contribution in [-0.2, 0) is 25.2 Å². The molecule has 0 aromatic heterocycles. The Morgan fingerprint density at radius 2 is 1.05 bits per heavy atom. The van der Waals surface area contributed by atoms with E-state index < -0.39 is 28.9 Å². The largest absolute Gasteiger partial charge is 0.416 e. The van der Waals surface area contributed by atoms with E-state index in [4.69, 9.17) is 11.5 Å². The lowest BCUT2D eigenvalue weighted by atomic mass is 9.76. The highest BCUT2D eigenvalue weighted by atomic mass is 19.4. The molecule has 0 aliphatic heterocycles. The van der Waals surface area contributed by atoms with Crippen molar-refractivity contribution in [1.82, 2.24) is 10.6 Å². The molecule has 0 heterocycles. The van der Waals surface area contributed by atoms with Gasteiger partial charge >= 0.3 is 12.4 Å². The lowest BCUT2D eigenvalue weighted by Gasteiger charge is -2.34. The van der Waals surface area contributed by atoms with Crippen molar-refractivity contribution in [2.24, 2.45) is 16.9 Å². The van der Waals surface area contributed by atoms with Crippen LogP contribution in [0.25, 0.3) is 0 Å². The molecule has 0 saturated carbocycles. The topological polar surface area (TPSA) is 76.1 Å². The van der Waals surface area contributed by atoms with E-state index in [1.54, 1.807) is 12.1 Å². The van der Waals surface area contributed by atoms with E-state index in [1.807, 2.05) is 0 Å². The molecule has 0 fully saturated rings. The number of nitrogens with two attached hydrogens (primary N) is 2. The van der Waals surface area contributed by atoms with E-state index in [0.29, 0.717) is 32.5 Å². The summed E-state index contributed by atoms with van der Waals surface area (Å²) in [4.78, 5) is 0. The molecule has 2 aromatic carbocycles. The second-order valence-corrected chi connectivity index (χ2v) is 9.79. The number of nitrogens with one attached hydrogen (secondary N) is 2. The van der Waals surface area contributed by atoms with Crippen LogP contribution in [0.1, 0.15) is 54.4 Å². The fraction of sp³-hybridized carbons (Fsp3) is 0.571. The Hall–Kier alpha value is -2.14. The van der Waals surface area contributed by atoms with Gasteiger partial charge in [0.05, 0.1) is 11.1 Å². The molecule has 2 aromatic rings. The Labute approximate surface area is 221 Å². The Balaban J connectivity index is 2.11. The van der Waals surface area contributed by atoms with E-state index in [-0.39, 0.29) is 30.5 Å². The van der Waals surface area contributed by atoms with Gasteiger partial charge in [0.2, 0.25) is 0 Å². The summed E-state index contributed by atoms with van der Waals surface area (Å²) in [5.74, 6) is 0. The van der Waals surface area contributed by atoms with Crippen molar-refractivity contribution < 1.29 is 26.3 Å². The lowest BCUT2D eigenvalue weighted by Crippen LogP contribution is -2.42. The summed E-state index contributed by atoms with van der Waals surface area (Å²) >= 11 is 0. The quantitative estimate of drug-likeness (QED) is 0.155. The lowest BCUT2D eigenvalue weighted by molar-refractivity contribution is -0.139. The number of aryl methyl sites for hydroxylation is 2. The number of alkyl halides is 6. The minimum Gasteiger partial charge on any atom is -0.330 e. The molecular weight excluding hydrogens is 506 g/mol. The number of hydrogen-bond acceptors (Lipinski definition) is 4. The fourth-order valence-corrected chi connectivity index (χ4v) is 4.61. The molecule has 38 heavy (non-hydrogen) atoms. The van der Waals surface area contributed by atoms with Crippen molar-refractivity contribution in [1.29, 1.82) is 0 Å². The van der Waals surface area contributed by atoms with Crippen LogP contribution in [0.15, 0.2) is 48.5 Å². The average Bonchev–Trinajstić information content (AvgIpc) is 2.88. The minimum absolute atomic E-state index is 0.126. The molecule has 0 bridgehead atoms. The Morgan fingerprint density at radius 1 is 0.605 bits per heavy atom. The van der Waals surface area contributed by atoms with Gasteiger partial charge in [-0.15, -0.1) is 0 Å². The third kappa shape index (κ3) is 10.6. The second kappa shape index (κ2) is 15.5. The monoisotopic (exact) mass is 546 g/mol. The minimum atomic E-state index is -4.48. The van der Waals surface area contributed by atoms with Crippen LogP contribution >= 0.6 is 0 Å². The highest BCUT2D eigenvalue weighted by Crippen LogP contribution is 2.37. The van der Waals surface area contributed by atoms with Crippen LogP contribution in [-0.4, -0.2) is 39.3 Å². The van der Waals surface area contributed by atoms with E-state index in [1.165, 1.54) is 24.3 Å². The molecule has 10 heteroatoms. The van der Waals surface area contributed by atoms with Crippen molar-refractivity contribution >= 4 is 0 Å². The zero-order valence-corrected chi connectivity index (χ0v) is 21.7. The number of hydrogen-bond donors (Lipinski definition) is 4. The smallest absolute Gasteiger partial charge is 0.330 e. The molecule has 0 unspecified atom stereocenters. The molecule has 0 saturated heterocycles. The van der Waals surface area contributed by atoms with Crippen molar-refractivity contribution in [2.45, 2.75) is 57.3 Å². The van der Waals surface area contributed by atoms with Crippen LogP contribution in [0.3, 0.4) is 0 Å². The van der Waals surface area contributed by atoms with Gasteiger partial charge < -0.3 is 22.1 Å². The number of halogens is 6. The van der Waals surface area contributed by atoms with Gasteiger partial charge in [0, 0.05) is 6.54 Å². The standard InChI is InChI=1S/C28H40F6N4/c29-27(30,31)24-10-3-1-8-22(24)12-14-26(20-36,21-38-18-6-5-17-37-19-7-16-35)15-13-23-9-2-4-11-25(23)28(32,33)34/h1-4,8-11,37-38H,5-7,12-21,35-36H2. The predicted octanol–water partition coefficient (Wildman–Crippen LogP) is 5.54. The maximum Gasteiger partial charge on any atom is 0.416 e. The second-order valence-electron chi connectivity index (χ2n) is 9.79. The van der Waals surface area contributed by atoms with Crippen molar-refractivity contribution in [3.63, 3.8) is 0 Å². The van der Waals surface area contributed by atoms with E-state index in [0.717, 1.165) is 44.5 Å². The molecule has 6 N–H and O–H groups in total. The molecule has 0 aliphatic carbocycles. The van der Waals surface area contributed by atoms with Crippen molar-refractivity contribution in [3.05, 3.63) is 70.8 Å². The fourth-order valence-electron chi connectivity index (χ4n) is 4.61. The highest BCUT2D eigenvalue weighted by Gasteiger charge is 2.36. The first kappa shape index (κ1) is 32.1. The normalized spacial score (nSPS) is 12.7. The first-order chi connectivity index (χ1) is 18.0. The SMILES string of the molecule is NCCCNCCCCNCC(CN)(CCc1ccccc1C(F)(F)F)CCc1ccccc1C(F)(F)F. The Bertz CT molecular complexity index is 884. The van der Waals surface area contributed by atoms with Gasteiger partial charge in [-0.25, -0.2) is 0 Å². The molecule has 4 nitrogen and oxygen atoms in total. The first-order valence-electron chi connectivity index (χ1n) is 13.1. The summed E-state index contributed by atoms with van der Waals surface area (Å²) in [6.07, 6.45) is -5.35. The van der Waals surface area contributed by atoms with Crippen molar-refractivity contribution in [3.8, 4) is 0 Å². The van der Waals surface area contributed by atoms with Crippen LogP contribution in [0.4, 0.5) is 26.3 Å². The molecule has 0 amide bonds. The summed E-state index contributed by atoms with van der Waals surface area (Å²) in [7, 11) is 0. The van der Waals surface area contributed by atoms with Crippen LogP contribution in [0.5, 0.6) is 0 Å². The summed E-state index contributed by atoms with van der Waals surface area (Å²) in [5, 5.41) is 6.67. The van der Waals surface area contributed by atoms with Crippen LogP contribution in [0.2, 0.25) is 0 Å². The first-order valence-corrected chi connectivity index (χ1v) is 13.1. The molecular formula is C28H40F6N4. The average molecular weight is 547 g/mol. The maximum absolute atomic E-state index is 13.5. The van der Waals surface area contributed by atoms with Crippen LogP contribution < -0.4 is 22.1 Å². The summed E-state index contributed by atoms with van der Waals surface area (Å²) in [6.45, 7) is 3.58.